The Morgan fingerprint density at radius 2 is 1.88 bits per heavy atom. The number of esters is 1. The maximum atomic E-state index is 11.7. The van der Waals surface area contributed by atoms with Gasteiger partial charge in [-0.2, -0.15) is 0 Å². The Labute approximate surface area is 92.2 Å². The molecular formula is C12H9NO3. The topological polar surface area (TPSA) is 48.4 Å². The molecule has 2 heterocycles. The van der Waals surface area contributed by atoms with Crippen LogP contribution in [0.15, 0.2) is 30.3 Å². The summed E-state index contributed by atoms with van der Waals surface area (Å²) in [6, 6.07) is 9.32. The Hall–Kier alpha value is -2.10. The van der Waals surface area contributed by atoms with Crippen LogP contribution in [0, 0.1) is 0 Å². The zero-order valence-corrected chi connectivity index (χ0v) is 8.47. The van der Waals surface area contributed by atoms with Crippen LogP contribution in [0.3, 0.4) is 0 Å². The van der Waals surface area contributed by atoms with Gasteiger partial charge < -0.3 is 9.47 Å². The monoisotopic (exact) mass is 215 g/mol. The number of fused-ring (bicyclic) bond motifs is 3. The van der Waals surface area contributed by atoms with Crippen molar-refractivity contribution < 1.29 is 14.3 Å². The molecule has 1 aliphatic carbocycles. The highest BCUT2D eigenvalue weighted by Crippen LogP contribution is 2.34. The van der Waals surface area contributed by atoms with Gasteiger partial charge >= 0.3 is 5.97 Å². The third-order valence-corrected chi connectivity index (χ3v) is 2.48. The van der Waals surface area contributed by atoms with Crippen molar-refractivity contribution in [1.82, 2.24) is 4.98 Å². The quantitative estimate of drug-likeness (QED) is 0.628. The minimum absolute atomic E-state index is 0.273. The summed E-state index contributed by atoms with van der Waals surface area (Å²) in [6.07, 6.45) is 0. The second kappa shape index (κ2) is 3.48. The van der Waals surface area contributed by atoms with E-state index >= 15 is 0 Å². The molecule has 0 radical (unpaired) electrons. The first kappa shape index (κ1) is 9.15. The normalized spacial score (nSPS) is 14.9. The molecule has 3 rings (SSSR count). The lowest BCUT2D eigenvalue weighted by atomic mass is 10.1. The van der Waals surface area contributed by atoms with Crippen LogP contribution in [0.5, 0.6) is 5.88 Å². The lowest BCUT2D eigenvalue weighted by molar-refractivity contribution is 0.0492. The highest BCUT2D eigenvalue weighted by molar-refractivity contribution is 6.00. The molecule has 0 amide bonds. The molecule has 16 heavy (non-hydrogen) atoms. The predicted molar refractivity (Wildman–Crippen MR) is 56.6 cm³/mol. The molecule has 0 saturated heterocycles. The highest BCUT2D eigenvalue weighted by Gasteiger charge is 2.27. The Bertz CT molecular complexity index is 524. The number of aromatic nitrogens is 1. The molecule has 0 spiro atoms. The molecule has 0 N–H and O–H groups in total. The van der Waals surface area contributed by atoms with E-state index in [1.807, 2.05) is 30.3 Å². The van der Waals surface area contributed by atoms with Crippen LogP contribution in [0.4, 0.5) is 0 Å². The summed E-state index contributed by atoms with van der Waals surface area (Å²) >= 11 is 0. The molecule has 2 aliphatic heterocycles. The number of cyclic esters (lactones) is 1. The van der Waals surface area contributed by atoms with E-state index in [-0.39, 0.29) is 12.6 Å². The highest BCUT2D eigenvalue weighted by atomic mass is 16.6. The van der Waals surface area contributed by atoms with Crippen molar-refractivity contribution in [2.24, 2.45) is 0 Å². The lowest BCUT2D eigenvalue weighted by Crippen LogP contribution is -2.06. The van der Waals surface area contributed by atoms with Crippen LogP contribution in [-0.2, 0) is 4.74 Å². The fourth-order valence-electron chi connectivity index (χ4n) is 1.77. The van der Waals surface area contributed by atoms with Crippen molar-refractivity contribution in [2.75, 3.05) is 13.2 Å². The van der Waals surface area contributed by atoms with Crippen LogP contribution in [0.2, 0.25) is 0 Å². The molecule has 80 valence electrons. The van der Waals surface area contributed by atoms with Gasteiger partial charge in [0.25, 0.3) is 0 Å². The summed E-state index contributed by atoms with van der Waals surface area (Å²) in [5.41, 5.74) is 1.95. The standard InChI is InChI=1S/C12H9NO3/c14-12-10-8-4-2-1-3-5-9(8)13-11(10)15-6-7-16-12/h1-5H,6-7H2. The third-order valence-electron chi connectivity index (χ3n) is 2.48. The fraction of sp³-hybridized carbons (Fsp3) is 0.167. The molecular weight excluding hydrogens is 206 g/mol. The maximum absolute atomic E-state index is 11.7. The maximum Gasteiger partial charge on any atom is 0.344 e. The summed E-state index contributed by atoms with van der Waals surface area (Å²) in [6.45, 7) is 0.629. The van der Waals surface area contributed by atoms with Crippen molar-refractivity contribution in [3.63, 3.8) is 0 Å². The zero-order chi connectivity index (χ0) is 11.0. The van der Waals surface area contributed by atoms with Gasteiger partial charge in [0.2, 0.25) is 5.88 Å². The molecule has 4 nitrogen and oxygen atoms in total. The van der Waals surface area contributed by atoms with Gasteiger partial charge in [-0.1, -0.05) is 24.3 Å². The molecule has 0 aromatic heterocycles. The van der Waals surface area contributed by atoms with E-state index in [1.165, 1.54) is 0 Å². The first-order chi connectivity index (χ1) is 7.86. The number of hydrogen-bond acceptors (Lipinski definition) is 4. The van der Waals surface area contributed by atoms with E-state index < -0.39 is 0 Å². The van der Waals surface area contributed by atoms with Gasteiger partial charge in [-0.15, -0.1) is 0 Å². The van der Waals surface area contributed by atoms with E-state index in [2.05, 4.69) is 4.98 Å². The third kappa shape index (κ3) is 1.31. The molecule has 0 aromatic carbocycles. The molecule has 3 aliphatic rings. The fourth-order valence-corrected chi connectivity index (χ4v) is 1.77. The molecule has 0 atom stereocenters. The van der Waals surface area contributed by atoms with E-state index in [4.69, 9.17) is 9.47 Å². The Morgan fingerprint density at radius 1 is 1.06 bits per heavy atom. The average Bonchev–Trinajstić information content (AvgIpc) is 2.45. The van der Waals surface area contributed by atoms with Crippen LogP contribution in [0.1, 0.15) is 10.4 Å². The molecule has 0 fully saturated rings. The summed E-state index contributed by atoms with van der Waals surface area (Å²) in [5.74, 6) is 0.0184. The van der Waals surface area contributed by atoms with Crippen LogP contribution in [0.25, 0.3) is 11.3 Å². The summed E-state index contributed by atoms with van der Waals surface area (Å²) in [5, 5.41) is 0. The zero-order valence-electron chi connectivity index (χ0n) is 8.47. The van der Waals surface area contributed by atoms with Crippen molar-refractivity contribution in [3.05, 3.63) is 35.9 Å². The van der Waals surface area contributed by atoms with Crippen molar-refractivity contribution in [3.8, 4) is 17.1 Å². The van der Waals surface area contributed by atoms with Crippen molar-refractivity contribution in [2.45, 2.75) is 0 Å². The molecule has 0 aromatic rings. The van der Waals surface area contributed by atoms with Crippen LogP contribution < -0.4 is 4.74 Å². The summed E-state index contributed by atoms with van der Waals surface area (Å²) in [4.78, 5) is 16.0. The molecule has 0 unspecified atom stereocenters. The Balaban J connectivity index is 2.27. The number of nitrogens with zero attached hydrogens (tertiary/aromatic N) is 1. The second-order valence-corrected chi connectivity index (χ2v) is 3.49. The van der Waals surface area contributed by atoms with Gasteiger partial charge in [0.05, 0.1) is 5.69 Å². The second-order valence-electron chi connectivity index (χ2n) is 3.49. The van der Waals surface area contributed by atoms with E-state index in [0.29, 0.717) is 18.1 Å². The van der Waals surface area contributed by atoms with E-state index in [0.717, 1.165) is 11.3 Å². The smallest absolute Gasteiger partial charge is 0.344 e. The van der Waals surface area contributed by atoms with Gasteiger partial charge in [-0.3, -0.25) is 0 Å². The minimum Gasteiger partial charge on any atom is -0.473 e. The number of ether oxygens (including phenoxy) is 2. The van der Waals surface area contributed by atoms with Gasteiger partial charge in [-0.25, -0.2) is 9.78 Å². The van der Waals surface area contributed by atoms with Gasteiger partial charge in [0.15, 0.2) is 0 Å². The minimum atomic E-state index is -0.360. The number of hydrogen-bond donors (Lipinski definition) is 0. The Morgan fingerprint density at radius 3 is 2.81 bits per heavy atom. The summed E-state index contributed by atoms with van der Waals surface area (Å²) < 4.78 is 10.4. The molecule has 4 heteroatoms. The number of rotatable bonds is 0. The lowest BCUT2D eigenvalue weighted by Gasteiger charge is -1.98. The number of carbonyl (C=O) groups is 1. The first-order valence-electron chi connectivity index (χ1n) is 5.05. The van der Waals surface area contributed by atoms with Crippen LogP contribution in [-0.4, -0.2) is 24.2 Å². The average molecular weight is 215 g/mol. The largest absolute Gasteiger partial charge is 0.473 e. The van der Waals surface area contributed by atoms with E-state index in [9.17, 15) is 4.79 Å². The number of carbonyl (C=O) groups excluding carboxylic acids is 1. The van der Waals surface area contributed by atoms with Gasteiger partial charge in [0.1, 0.15) is 18.8 Å². The summed E-state index contributed by atoms with van der Waals surface area (Å²) in [7, 11) is 0. The van der Waals surface area contributed by atoms with Crippen molar-refractivity contribution >= 4 is 5.97 Å². The predicted octanol–water partition coefficient (Wildman–Crippen LogP) is 1.74. The van der Waals surface area contributed by atoms with Gasteiger partial charge in [-0.05, 0) is 6.07 Å². The molecule has 0 bridgehead atoms. The SMILES string of the molecule is O=C1OCCOc2nc3cccccc-3c21. The molecule has 0 saturated carbocycles. The first-order valence-corrected chi connectivity index (χ1v) is 5.05. The van der Waals surface area contributed by atoms with Crippen molar-refractivity contribution in [1.29, 1.82) is 0 Å². The van der Waals surface area contributed by atoms with E-state index in [1.54, 1.807) is 0 Å². The Kier molecular flexibility index (Phi) is 1.99. The van der Waals surface area contributed by atoms with Crippen LogP contribution >= 0.6 is 0 Å². The van der Waals surface area contributed by atoms with Gasteiger partial charge in [0, 0.05) is 5.56 Å².